The zero-order valence-electron chi connectivity index (χ0n) is 17.3. The number of hydrogen-bond acceptors (Lipinski definition) is 6. The van der Waals surface area contributed by atoms with Gasteiger partial charge >= 0.3 is 0 Å². The van der Waals surface area contributed by atoms with Crippen molar-refractivity contribution in [2.45, 2.75) is 6.54 Å². The number of carbonyl (C=O) groups excluding carboxylic acids is 1. The zero-order chi connectivity index (χ0) is 22.9. The first-order valence-electron chi connectivity index (χ1n) is 9.94. The summed E-state index contributed by atoms with van der Waals surface area (Å²) in [7, 11) is 1.56. The van der Waals surface area contributed by atoms with E-state index in [1.54, 1.807) is 37.7 Å². The van der Waals surface area contributed by atoms with Gasteiger partial charge in [0.25, 0.3) is 11.7 Å². The highest BCUT2D eigenvalue weighted by molar-refractivity contribution is 6.36. The van der Waals surface area contributed by atoms with E-state index in [0.29, 0.717) is 28.3 Å². The summed E-state index contributed by atoms with van der Waals surface area (Å²) in [6.07, 6.45) is 3.21. The maximum Gasteiger partial charge on any atom is 0.289 e. The molecule has 3 heterocycles. The lowest BCUT2D eigenvalue weighted by atomic mass is 10.1. The van der Waals surface area contributed by atoms with Gasteiger partial charge in [-0.05, 0) is 48.0 Å². The fraction of sp³-hybridized carbons (Fsp3) is 0.0833. The normalized spacial score (nSPS) is 11.1. The predicted octanol–water partition coefficient (Wildman–Crippen LogP) is 5.68. The van der Waals surface area contributed by atoms with E-state index in [4.69, 9.17) is 32.4 Å². The summed E-state index contributed by atoms with van der Waals surface area (Å²) in [5, 5.41) is 9.48. The Morgan fingerprint density at radius 1 is 1.09 bits per heavy atom. The number of halogens is 2. The second-order valence-electron chi connectivity index (χ2n) is 7.24. The molecule has 0 atom stereocenters. The molecule has 0 saturated carbocycles. The first-order chi connectivity index (χ1) is 16.0. The van der Waals surface area contributed by atoms with Gasteiger partial charge in [0.1, 0.15) is 10.9 Å². The summed E-state index contributed by atoms with van der Waals surface area (Å²) in [5.41, 5.74) is 2.62. The van der Waals surface area contributed by atoms with Crippen LogP contribution in [0.25, 0.3) is 22.4 Å². The van der Waals surface area contributed by atoms with Crippen molar-refractivity contribution in [1.29, 1.82) is 0 Å². The van der Waals surface area contributed by atoms with Crippen molar-refractivity contribution in [2.24, 2.45) is 0 Å². The number of benzene rings is 2. The Morgan fingerprint density at radius 2 is 1.91 bits per heavy atom. The van der Waals surface area contributed by atoms with E-state index in [1.165, 1.54) is 0 Å². The summed E-state index contributed by atoms with van der Waals surface area (Å²) in [6, 6.07) is 16.4. The van der Waals surface area contributed by atoms with E-state index in [2.05, 4.69) is 15.2 Å². The molecule has 0 spiro atoms. The number of hydrogen-bond donors (Lipinski definition) is 0. The van der Waals surface area contributed by atoms with Crippen LogP contribution in [0.3, 0.4) is 0 Å². The Labute approximate surface area is 198 Å². The van der Waals surface area contributed by atoms with Crippen molar-refractivity contribution in [2.75, 3.05) is 7.11 Å². The molecule has 0 bridgehead atoms. The van der Waals surface area contributed by atoms with Gasteiger partial charge in [-0.25, -0.2) is 0 Å². The Morgan fingerprint density at radius 3 is 2.64 bits per heavy atom. The van der Waals surface area contributed by atoms with Crippen molar-refractivity contribution in [3.8, 4) is 17.2 Å². The van der Waals surface area contributed by atoms with E-state index in [9.17, 15) is 4.79 Å². The lowest BCUT2D eigenvalue weighted by Gasteiger charge is -2.08. The maximum atomic E-state index is 13.5. The largest absolute Gasteiger partial charge is 0.497 e. The number of ether oxygens (including phenoxy) is 1. The molecule has 5 rings (SSSR count). The molecule has 9 heteroatoms. The molecular formula is C24H16Cl2N4O3. The number of ketones is 1. The molecular weight excluding hydrogens is 463 g/mol. The van der Waals surface area contributed by atoms with Crippen LogP contribution in [0.1, 0.15) is 21.8 Å². The maximum absolute atomic E-state index is 13.5. The average Bonchev–Trinajstić information content (AvgIpc) is 3.44. The fourth-order valence-corrected chi connectivity index (χ4v) is 4.06. The molecule has 5 aromatic rings. The van der Waals surface area contributed by atoms with Crippen LogP contribution in [0.2, 0.25) is 10.2 Å². The molecule has 0 aliphatic rings. The van der Waals surface area contributed by atoms with Gasteiger partial charge in [0, 0.05) is 29.3 Å². The quantitative estimate of drug-likeness (QED) is 0.292. The summed E-state index contributed by atoms with van der Waals surface area (Å²) in [5.74, 6) is 0.156. The molecule has 0 aliphatic carbocycles. The first kappa shape index (κ1) is 21.2. The number of methoxy groups -OCH3 is 1. The van der Waals surface area contributed by atoms with Crippen LogP contribution < -0.4 is 4.74 Å². The van der Waals surface area contributed by atoms with Crippen molar-refractivity contribution in [1.82, 2.24) is 19.7 Å². The third-order valence-corrected chi connectivity index (χ3v) is 5.86. The third-order valence-electron chi connectivity index (χ3n) is 5.22. The highest BCUT2D eigenvalue weighted by Gasteiger charge is 2.27. The zero-order valence-corrected chi connectivity index (χ0v) is 18.8. The summed E-state index contributed by atoms with van der Waals surface area (Å²) in [6.45, 7) is 0.441. The van der Waals surface area contributed by atoms with E-state index in [-0.39, 0.29) is 22.5 Å². The minimum atomic E-state index is -0.476. The van der Waals surface area contributed by atoms with E-state index in [1.807, 2.05) is 41.0 Å². The molecule has 164 valence electrons. The Balaban J connectivity index is 1.61. The van der Waals surface area contributed by atoms with Crippen LogP contribution in [0.15, 0.2) is 71.4 Å². The Bertz CT molecular complexity index is 1460. The van der Waals surface area contributed by atoms with Gasteiger partial charge in [0.15, 0.2) is 0 Å². The number of rotatable bonds is 6. The lowest BCUT2D eigenvalue weighted by molar-refractivity contribution is 0.100. The molecule has 0 fully saturated rings. The van der Waals surface area contributed by atoms with Gasteiger partial charge in [0.2, 0.25) is 5.89 Å². The standard InChI is InChI=1S/C24H16Cl2N4O3/c1-32-17-8-9-19-18(11-17)20(22(26)30(19)13-14-4-6-16(25)7-5-14)21(31)24-29-28-23(33-24)15-3-2-10-27-12-15/h2-12H,13H2,1H3. The number of nitrogens with zero attached hydrogens (tertiary/aromatic N) is 4. The van der Waals surface area contributed by atoms with E-state index >= 15 is 0 Å². The first-order valence-corrected chi connectivity index (χ1v) is 10.7. The highest BCUT2D eigenvalue weighted by Crippen LogP contribution is 2.35. The monoisotopic (exact) mass is 478 g/mol. The summed E-state index contributed by atoms with van der Waals surface area (Å²) >= 11 is 12.8. The van der Waals surface area contributed by atoms with Crippen LogP contribution in [0, 0.1) is 0 Å². The number of carbonyl (C=O) groups is 1. The van der Waals surface area contributed by atoms with Gasteiger partial charge in [-0.3, -0.25) is 9.78 Å². The Hall–Kier alpha value is -3.68. The smallest absolute Gasteiger partial charge is 0.289 e. The van der Waals surface area contributed by atoms with Gasteiger partial charge in [-0.2, -0.15) is 0 Å². The molecule has 33 heavy (non-hydrogen) atoms. The van der Waals surface area contributed by atoms with Gasteiger partial charge in [-0.15, -0.1) is 10.2 Å². The molecule has 0 saturated heterocycles. The minimum absolute atomic E-state index is 0.163. The highest BCUT2D eigenvalue weighted by atomic mass is 35.5. The molecule has 0 aliphatic heterocycles. The molecule has 0 amide bonds. The molecule has 7 nitrogen and oxygen atoms in total. The minimum Gasteiger partial charge on any atom is -0.497 e. The van der Waals surface area contributed by atoms with Crippen LogP contribution in [-0.2, 0) is 6.54 Å². The van der Waals surface area contributed by atoms with Crippen LogP contribution in [0.5, 0.6) is 5.75 Å². The van der Waals surface area contributed by atoms with Crippen molar-refractivity contribution in [3.63, 3.8) is 0 Å². The van der Waals surface area contributed by atoms with E-state index in [0.717, 1.165) is 11.1 Å². The van der Waals surface area contributed by atoms with Gasteiger partial charge < -0.3 is 13.7 Å². The molecule has 0 radical (unpaired) electrons. The topological polar surface area (TPSA) is 83.0 Å². The second kappa shape index (κ2) is 8.69. The predicted molar refractivity (Wildman–Crippen MR) is 125 cm³/mol. The number of fused-ring (bicyclic) bond motifs is 1. The second-order valence-corrected chi connectivity index (χ2v) is 8.04. The van der Waals surface area contributed by atoms with Gasteiger partial charge in [0.05, 0.1) is 23.8 Å². The van der Waals surface area contributed by atoms with Crippen molar-refractivity contribution >= 4 is 39.9 Å². The van der Waals surface area contributed by atoms with Gasteiger partial charge in [-0.1, -0.05) is 35.3 Å². The SMILES string of the molecule is COc1ccc2c(c1)c(C(=O)c1nnc(-c3cccnc3)o1)c(Cl)n2Cc1ccc(Cl)cc1. The summed E-state index contributed by atoms with van der Waals surface area (Å²) in [4.78, 5) is 17.5. The number of aromatic nitrogens is 4. The molecule has 2 aromatic carbocycles. The molecule has 3 aromatic heterocycles. The summed E-state index contributed by atoms with van der Waals surface area (Å²) < 4.78 is 12.9. The molecule has 0 unspecified atom stereocenters. The third kappa shape index (κ3) is 3.97. The van der Waals surface area contributed by atoms with Crippen molar-refractivity contribution in [3.05, 3.63) is 94.2 Å². The average molecular weight is 479 g/mol. The van der Waals surface area contributed by atoms with Crippen molar-refractivity contribution < 1.29 is 13.9 Å². The van der Waals surface area contributed by atoms with E-state index < -0.39 is 5.78 Å². The number of pyridine rings is 1. The van der Waals surface area contributed by atoms with Crippen LogP contribution >= 0.6 is 23.2 Å². The Kier molecular flexibility index (Phi) is 5.58. The van der Waals surface area contributed by atoms with Crippen LogP contribution in [-0.4, -0.2) is 32.6 Å². The lowest BCUT2D eigenvalue weighted by Crippen LogP contribution is -2.04. The molecule has 0 N–H and O–H groups in total. The fourth-order valence-electron chi connectivity index (χ4n) is 3.60. The van der Waals surface area contributed by atoms with Crippen LogP contribution in [0.4, 0.5) is 0 Å².